The Morgan fingerprint density at radius 1 is 0.767 bits per heavy atom. The van der Waals surface area contributed by atoms with E-state index in [9.17, 15) is 0 Å². The predicted octanol–water partition coefficient (Wildman–Crippen LogP) is 9.11. The number of rotatable bonds is 2. The van der Waals surface area contributed by atoms with Gasteiger partial charge in [0.25, 0.3) is 0 Å². The van der Waals surface area contributed by atoms with Gasteiger partial charge in [0, 0.05) is 34.4 Å². The molecule has 0 radical (unpaired) electrons. The van der Waals surface area contributed by atoms with Crippen molar-refractivity contribution < 1.29 is 21.1 Å². The standard InChI is InChI=1S/C38H34N4.Pt/c1-36(2,3)25-20-40-41(22-25)26-16-14-23-10-8-11-27(30(23)19-26)24-15-17-28-29-12-9-13-32-34(29)42-33(38(6,7)37(32,4)5)21-39-35(42)31(28)18-24;/h8-17,20-22H,1-7H3;/q-2;+2. The molecule has 1 aliphatic heterocycles. The summed E-state index contributed by atoms with van der Waals surface area (Å²) in [5.74, 6) is 0. The number of aromatic nitrogens is 4. The first kappa shape index (κ1) is 28.0. The second kappa shape index (κ2) is 9.13. The van der Waals surface area contributed by atoms with Crippen molar-refractivity contribution in [2.24, 2.45) is 0 Å². The van der Waals surface area contributed by atoms with Crippen LogP contribution in [0.4, 0.5) is 0 Å². The molecule has 4 nitrogen and oxygen atoms in total. The van der Waals surface area contributed by atoms with Gasteiger partial charge in [-0.15, -0.1) is 52.7 Å². The van der Waals surface area contributed by atoms with Crippen molar-refractivity contribution in [2.75, 3.05) is 0 Å². The van der Waals surface area contributed by atoms with Crippen molar-refractivity contribution in [3.8, 4) is 16.8 Å². The van der Waals surface area contributed by atoms with Crippen LogP contribution in [0.15, 0.2) is 79.3 Å². The van der Waals surface area contributed by atoms with E-state index in [4.69, 9.17) is 4.98 Å². The minimum atomic E-state index is -0.0840. The predicted molar refractivity (Wildman–Crippen MR) is 173 cm³/mol. The Morgan fingerprint density at radius 3 is 2.33 bits per heavy atom. The molecule has 0 saturated heterocycles. The summed E-state index contributed by atoms with van der Waals surface area (Å²) in [7, 11) is 0. The summed E-state index contributed by atoms with van der Waals surface area (Å²) in [5, 5.41) is 10.4. The average Bonchev–Trinajstić information content (AvgIpc) is 3.65. The third-order valence-corrected chi connectivity index (χ3v) is 10.1. The first-order valence-electron chi connectivity index (χ1n) is 14.8. The molecule has 43 heavy (non-hydrogen) atoms. The zero-order chi connectivity index (χ0) is 29.2. The Bertz CT molecular complexity index is 2240. The molecule has 4 heterocycles. The van der Waals surface area contributed by atoms with Gasteiger partial charge in [-0.2, -0.15) is 5.10 Å². The molecule has 4 aromatic carbocycles. The van der Waals surface area contributed by atoms with E-state index in [1.807, 2.05) is 10.9 Å². The third-order valence-electron chi connectivity index (χ3n) is 10.1. The van der Waals surface area contributed by atoms with Crippen molar-refractivity contribution in [3.63, 3.8) is 0 Å². The summed E-state index contributed by atoms with van der Waals surface area (Å²) in [4.78, 5) is 5.05. The molecule has 8 rings (SSSR count). The molecule has 0 saturated carbocycles. The Balaban J connectivity index is 0.00000300. The second-order valence-corrected chi connectivity index (χ2v) is 14.0. The molecule has 0 N–H and O–H groups in total. The van der Waals surface area contributed by atoms with E-state index in [2.05, 4.69) is 143 Å². The molecule has 216 valence electrons. The fourth-order valence-electron chi connectivity index (χ4n) is 6.80. The van der Waals surface area contributed by atoms with E-state index in [1.165, 1.54) is 33.1 Å². The maximum absolute atomic E-state index is 5.05. The number of fused-ring (bicyclic) bond motifs is 4. The Labute approximate surface area is 267 Å². The van der Waals surface area contributed by atoms with Crippen molar-refractivity contribution in [1.82, 2.24) is 19.2 Å². The number of hydrogen-bond acceptors (Lipinski definition) is 2. The van der Waals surface area contributed by atoms with Gasteiger partial charge in [-0.25, -0.2) is 0 Å². The van der Waals surface area contributed by atoms with Gasteiger partial charge in [0.05, 0.1) is 11.8 Å². The maximum Gasteiger partial charge on any atom is 2.00 e. The van der Waals surface area contributed by atoms with E-state index >= 15 is 0 Å². The normalized spacial score (nSPS) is 15.5. The summed E-state index contributed by atoms with van der Waals surface area (Å²) < 4.78 is 4.33. The number of para-hydroxylation sites is 1. The number of imidazole rings is 1. The van der Waals surface area contributed by atoms with Crippen LogP contribution in [-0.2, 0) is 37.3 Å². The van der Waals surface area contributed by atoms with Gasteiger partial charge in [0.15, 0.2) is 0 Å². The van der Waals surface area contributed by atoms with Crippen LogP contribution in [0.2, 0.25) is 0 Å². The molecule has 5 heteroatoms. The molecular formula is C38H34N4Pt. The number of benzene rings is 4. The first-order chi connectivity index (χ1) is 20.0. The van der Waals surface area contributed by atoms with E-state index in [-0.39, 0.29) is 37.3 Å². The third kappa shape index (κ3) is 3.78. The minimum absolute atomic E-state index is 0. The van der Waals surface area contributed by atoms with Gasteiger partial charge < -0.3 is 4.40 Å². The van der Waals surface area contributed by atoms with Crippen molar-refractivity contribution in [3.05, 3.63) is 108 Å². The fraction of sp³-hybridized carbons (Fsp3) is 0.263. The summed E-state index contributed by atoms with van der Waals surface area (Å²) in [6.45, 7) is 16.0. The molecule has 1 aliphatic rings. The molecule has 0 unspecified atom stereocenters. The molecule has 0 fully saturated rings. The van der Waals surface area contributed by atoms with Crippen LogP contribution in [0.3, 0.4) is 0 Å². The van der Waals surface area contributed by atoms with E-state index in [1.54, 1.807) is 0 Å². The van der Waals surface area contributed by atoms with Crippen LogP contribution >= 0.6 is 0 Å². The molecule has 0 atom stereocenters. The first-order valence-corrected chi connectivity index (χ1v) is 14.8. The summed E-state index contributed by atoms with van der Waals surface area (Å²) in [5.41, 5.74) is 9.06. The van der Waals surface area contributed by atoms with Gasteiger partial charge in [0.2, 0.25) is 0 Å². The molecule has 0 spiro atoms. The van der Waals surface area contributed by atoms with Crippen LogP contribution in [0.5, 0.6) is 0 Å². The van der Waals surface area contributed by atoms with Gasteiger partial charge in [0.1, 0.15) is 0 Å². The van der Waals surface area contributed by atoms with Crippen LogP contribution < -0.4 is 0 Å². The van der Waals surface area contributed by atoms with Crippen molar-refractivity contribution >= 4 is 38.1 Å². The number of hydrogen-bond donors (Lipinski definition) is 0. The average molecular weight is 742 g/mol. The zero-order valence-electron chi connectivity index (χ0n) is 25.6. The van der Waals surface area contributed by atoms with Crippen LogP contribution in [0, 0.1) is 12.1 Å². The van der Waals surface area contributed by atoms with E-state index in [0.717, 1.165) is 38.6 Å². The van der Waals surface area contributed by atoms with Crippen LogP contribution in [-0.4, -0.2) is 19.2 Å². The van der Waals surface area contributed by atoms with Crippen molar-refractivity contribution in [1.29, 1.82) is 0 Å². The van der Waals surface area contributed by atoms with E-state index < -0.39 is 0 Å². The summed E-state index contributed by atoms with van der Waals surface area (Å²) >= 11 is 0. The smallest absolute Gasteiger partial charge is 0.328 e. The number of pyridine rings is 1. The van der Waals surface area contributed by atoms with Gasteiger partial charge in [-0.3, -0.25) is 9.67 Å². The summed E-state index contributed by atoms with van der Waals surface area (Å²) in [6.07, 6.45) is 6.15. The molecule has 3 aromatic heterocycles. The van der Waals surface area contributed by atoms with Crippen LogP contribution in [0.1, 0.15) is 65.3 Å². The van der Waals surface area contributed by atoms with Gasteiger partial charge >= 0.3 is 21.1 Å². The number of nitrogens with zero attached hydrogens (tertiary/aromatic N) is 4. The zero-order valence-corrected chi connectivity index (χ0v) is 27.9. The Kier molecular flexibility index (Phi) is 5.95. The monoisotopic (exact) mass is 741 g/mol. The second-order valence-electron chi connectivity index (χ2n) is 14.0. The molecule has 7 aromatic rings. The summed E-state index contributed by atoms with van der Waals surface area (Å²) in [6, 6.07) is 29.4. The SMILES string of the molecule is CC(C)(C)c1cnn(-c2[c-]c3c(-c4[c-]c5c(cc4)c4cccc6c4n4c(cnc54)C(C)(C)C6(C)C)cccc3cc2)c1.[Pt+2]. The van der Waals surface area contributed by atoms with E-state index in [0.29, 0.717) is 0 Å². The van der Waals surface area contributed by atoms with Gasteiger partial charge in [-0.05, 0) is 27.6 Å². The molecule has 0 bridgehead atoms. The molecule has 0 amide bonds. The molecule has 0 aliphatic carbocycles. The molecular weight excluding hydrogens is 708 g/mol. The Hall–Kier alpha value is -3.75. The quantitative estimate of drug-likeness (QED) is 0.131. The topological polar surface area (TPSA) is 35.1 Å². The minimum Gasteiger partial charge on any atom is -0.328 e. The van der Waals surface area contributed by atoms with Gasteiger partial charge in [-0.1, -0.05) is 101 Å². The van der Waals surface area contributed by atoms with Crippen molar-refractivity contribution in [2.45, 2.75) is 64.7 Å². The fourth-order valence-corrected chi connectivity index (χ4v) is 6.80. The maximum atomic E-state index is 5.05. The largest absolute Gasteiger partial charge is 2.00 e. The van der Waals surface area contributed by atoms with Crippen LogP contribution in [0.25, 0.3) is 54.9 Å². The Morgan fingerprint density at radius 2 is 1.56 bits per heavy atom.